The minimum Gasteiger partial charge on any atom is -0.352 e. The van der Waals surface area contributed by atoms with Gasteiger partial charge in [-0.25, -0.2) is 0 Å². The average Bonchev–Trinajstić information content (AvgIpc) is 2.33. The zero-order valence-corrected chi connectivity index (χ0v) is 9.92. The van der Waals surface area contributed by atoms with E-state index in [0.29, 0.717) is 13.0 Å². The molecule has 0 aliphatic rings. The van der Waals surface area contributed by atoms with Crippen molar-refractivity contribution in [3.8, 4) is 0 Å². The maximum absolute atomic E-state index is 12.3. The molecule has 1 amide bonds. The van der Waals surface area contributed by atoms with Gasteiger partial charge in [0.2, 0.25) is 0 Å². The predicted octanol–water partition coefficient (Wildman–Crippen LogP) is 3.40. The van der Waals surface area contributed by atoms with Gasteiger partial charge in [-0.3, -0.25) is 4.79 Å². The smallest absolute Gasteiger partial charge is 0.352 e. The number of nitrogens with one attached hydrogen (secondary N) is 1. The van der Waals surface area contributed by atoms with Gasteiger partial charge in [0.05, 0.1) is 5.56 Å². The Labute approximate surface area is 104 Å². The Kier molecular flexibility index (Phi) is 4.95. The van der Waals surface area contributed by atoms with Gasteiger partial charge in [0.1, 0.15) is 0 Å². The quantitative estimate of drug-likeness (QED) is 0.650. The monoisotopic (exact) mass is 257 g/mol. The Morgan fingerprint density at radius 3 is 2.39 bits per heavy atom. The molecule has 0 atom stereocenters. The van der Waals surface area contributed by atoms with Crippen molar-refractivity contribution in [2.75, 3.05) is 6.54 Å². The largest absolute Gasteiger partial charge is 0.416 e. The van der Waals surface area contributed by atoms with E-state index in [4.69, 9.17) is 0 Å². The van der Waals surface area contributed by atoms with Crippen LogP contribution in [-0.4, -0.2) is 12.5 Å². The maximum atomic E-state index is 12.3. The average molecular weight is 257 g/mol. The highest BCUT2D eigenvalue weighted by Gasteiger charge is 2.30. The van der Waals surface area contributed by atoms with Crippen LogP contribution in [0.15, 0.2) is 36.4 Å². The summed E-state index contributed by atoms with van der Waals surface area (Å²) in [6.07, 6.45) is 0.0844. The van der Waals surface area contributed by atoms with Gasteiger partial charge in [-0.15, -0.1) is 0 Å². The van der Waals surface area contributed by atoms with Crippen LogP contribution in [0.1, 0.15) is 29.3 Å². The van der Waals surface area contributed by atoms with Crippen LogP contribution in [0.4, 0.5) is 13.2 Å². The second-order valence-corrected chi connectivity index (χ2v) is 3.69. The van der Waals surface area contributed by atoms with Gasteiger partial charge in [-0.2, -0.15) is 13.2 Å². The number of allylic oxidation sites excluding steroid dienone is 1. The van der Waals surface area contributed by atoms with Crippen LogP contribution >= 0.6 is 0 Å². The SMILES string of the molecule is C/C=C/CCNC(=O)c1ccc(C(F)(F)F)cc1. The zero-order chi connectivity index (χ0) is 13.6. The second-order valence-electron chi connectivity index (χ2n) is 3.69. The molecule has 0 saturated carbocycles. The third-order valence-electron chi connectivity index (χ3n) is 2.31. The number of rotatable bonds is 4. The normalized spacial score (nSPS) is 11.8. The Hall–Kier alpha value is -1.78. The first-order chi connectivity index (χ1) is 8.45. The van der Waals surface area contributed by atoms with Crippen LogP contribution in [0.3, 0.4) is 0 Å². The fourth-order valence-electron chi connectivity index (χ4n) is 1.35. The van der Waals surface area contributed by atoms with Gasteiger partial charge >= 0.3 is 6.18 Å². The van der Waals surface area contributed by atoms with Crippen molar-refractivity contribution >= 4 is 5.91 Å². The van der Waals surface area contributed by atoms with Gasteiger partial charge in [0, 0.05) is 12.1 Å². The molecule has 0 radical (unpaired) electrons. The number of carbonyl (C=O) groups is 1. The zero-order valence-electron chi connectivity index (χ0n) is 9.92. The fraction of sp³-hybridized carbons (Fsp3) is 0.308. The number of hydrogen-bond acceptors (Lipinski definition) is 1. The summed E-state index contributed by atoms with van der Waals surface area (Å²) >= 11 is 0. The Morgan fingerprint density at radius 1 is 1.28 bits per heavy atom. The molecule has 0 saturated heterocycles. The minimum absolute atomic E-state index is 0.225. The predicted molar refractivity (Wildman–Crippen MR) is 63.2 cm³/mol. The summed E-state index contributed by atoms with van der Waals surface area (Å²) in [5, 5.41) is 2.62. The van der Waals surface area contributed by atoms with Crippen molar-refractivity contribution in [3.63, 3.8) is 0 Å². The van der Waals surface area contributed by atoms with E-state index in [9.17, 15) is 18.0 Å². The molecule has 1 N–H and O–H groups in total. The van der Waals surface area contributed by atoms with Crippen molar-refractivity contribution < 1.29 is 18.0 Å². The first kappa shape index (κ1) is 14.3. The molecule has 5 heteroatoms. The number of amides is 1. The lowest BCUT2D eigenvalue weighted by atomic mass is 10.1. The summed E-state index contributed by atoms with van der Waals surface area (Å²) in [6, 6.07) is 4.16. The molecular formula is C13H14F3NO. The molecule has 0 fully saturated rings. The van der Waals surface area contributed by atoms with Gasteiger partial charge in [0.15, 0.2) is 0 Å². The molecule has 0 bridgehead atoms. The molecule has 0 aromatic heterocycles. The van der Waals surface area contributed by atoms with Gasteiger partial charge in [-0.1, -0.05) is 12.2 Å². The number of benzene rings is 1. The van der Waals surface area contributed by atoms with E-state index >= 15 is 0 Å². The standard InChI is InChI=1S/C13H14F3NO/c1-2-3-4-9-17-12(18)10-5-7-11(8-6-10)13(14,15)16/h2-3,5-8H,4,9H2,1H3,(H,17,18)/b3-2+. The molecule has 1 aromatic carbocycles. The van der Waals surface area contributed by atoms with Crippen LogP contribution in [0.5, 0.6) is 0 Å². The summed E-state index contributed by atoms with van der Waals surface area (Å²) < 4.78 is 36.9. The molecule has 98 valence electrons. The Morgan fingerprint density at radius 2 is 1.89 bits per heavy atom. The molecule has 1 rings (SSSR count). The molecule has 1 aromatic rings. The lowest BCUT2D eigenvalue weighted by Crippen LogP contribution is -2.24. The maximum Gasteiger partial charge on any atom is 0.416 e. The number of carbonyl (C=O) groups excluding carboxylic acids is 1. The number of alkyl halides is 3. The van der Waals surface area contributed by atoms with Crippen molar-refractivity contribution in [1.82, 2.24) is 5.32 Å². The molecule has 0 aliphatic heterocycles. The third kappa shape index (κ3) is 4.24. The first-order valence-corrected chi connectivity index (χ1v) is 5.51. The number of halogens is 3. The third-order valence-corrected chi connectivity index (χ3v) is 2.31. The van der Waals surface area contributed by atoms with Crippen LogP contribution in [-0.2, 0) is 6.18 Å². The van der Waals surface area contributed by atoms with Gasteiger partial charge in [-0.05, 0) is 37.6 Å². The second kappa shape index (κ2) is 6.23. The molecule has 2 nitrogen and oxygen atoms in total. The van der Waals surface area contributed by atoms with E-state index in [1.54, 1.807) is 0 Å². The Bertz CT molecular complexity index is 421. The van der Waals surface area contributed by atoms with Gasteiger partial charge < -0.3 is 5.32 Å². The lowest BCUT2D eigenvalue weighted by Gasteiger charge is -2.07. The van der Waals surface area contributed by atoms with E-state index in [0.717, 1.165) is 12.1 Å². The lowest BCUT2D eigenvalue weighted by molar-refractivity contribution is -0.137. The van der Waals surface area contributed by atoms with Crippen molar-refractivity contribution in [2.24, 2.45) is 0 Å². The Balaban J connectivity index is 2.59. The van der Waals surface area contributed by atoms with Crippen molar-refractivity contribution in [3.05, 3.63) is 47.5 Å². The molecule has 0 unspecified atom stereocenters. The summed E-state index contributed by atoms with van der Waals surface area (Å²) in [4.78, 5) is 11.6. The van der Waals surface area contributed by atoms with E-state index < -0.39 is 11.7 Å². The number of hydrogen-bond donors (Lipinski definition) is 1. The molecule has 0 heterocycles. The summed E-state index contributed by atoms with van der Waals surface area (Å²) in [5.74, 6) is -0.367. The van der Waals surface area contributed by atoms with Crippen molar-refractivity contribution in [2.45, 2.75) is 19.5 Å². The molecular weight excluding hydrogens is 243 g/mol. The fourth-order valence-corrected chi connectivity index (χ4v) is 1.35. The highest BCUT2D eigenvalue weighted by molar-refractivity contribution is 5.94. The topological polar surface area (TPSA) is 29.1 Å². The highest BCUT2D eigenvalue weighted by Crippen LogP contribution is 2.28. The van der Waals surface area contributed by atoms with E-state index in [-0.39, 0.29) is 11.5 Å². The minimum atomic E-state index is -4.37. The highest BCUT2D eigenvalue weighted by atomic mass is 19.4. The molecule has 0 spiro atoms. The van der Waals surface area contributed by atoms with Crippen LogP contribution in [0.25, 0.3) is 0 Å². The summed E-state index contributed by atoms with van der Waals surface area (Å²) in [7, 11) is 0. The molecule has 0 aliphatic carbocycles. The van der Waals surface area contributed by atoms with Crippen LogP contribution < -0.4 is 5.32 Å². The summed E-state index contributed by atoms with van der Waals surface area (Å²) in [6.45, 7) is 2.34. The van der Waals surface area contributed by atoms with E-state index in [1.165, 1.54) is 12.1 Å². The van der Waals surface area contributed by atoms with Crippen LogP contribution in [0.2, 0.25) is 0 Å². The molecule has 18 heavy (non-hydrogen) atoms. The van der Waals surface area contributed by atoms with Crippen molar-refractivity contribution in [1.29, 1.82) is 0 Å². The van der Waals surface area contributed by atoms with Crippen LogP contribution in [0, 0.1) is 0 Å². The summed E-state index contributed by atoms with van der Waals surface area (Å²) in [5.41, 5.74) is -0.531. The van der Waals surface area contributed by atoms with E-state index in [1.807, 2.05) is 19.1 Å². The van der Waals surface area contributed by atoms with E-state index in [2.05, 4.69) is 5.32 Å². The first-order valence-electron chi connectivity index (χ1n) is 5.51. The van der Waals surface area contributed by atoms with Gasteiger partial charge in [0.25, 0.3) is 5.91 Å².